The predicted molar refractivity (Wildman–Crippen MR) is 117 cm³/mol. The number of anilines is 2. The molecule has 0 bridgehead atoms. The van der Waals surface area contributed by atoms with Gasteiger partial charge in [-0.3, -0.25) is 4.98 Å². The van der Waals surface area contributed by atoms with Crippen LogP contribution in [0.2, 0.25) is 0 Å². The van der Waals surface area contributed by atoms with Crippen LogP contribution in [0, 0.1) is 5.92 Å². The average Bonchev–Trinajstić information content (AvgIpc) is 3.38. The highest BCUT2D eigenvalue weighted by Crippen LogP contribution is 2.36. The van der Waals surface area contributed by atoms with Gasteiger partial charge in [-0.2, -0.15) is 9.61 Å². The quantitative estimate of drug-likeness (QED) is 0.476. The number of nitrogens with zero attached hydrogens (tertiary/aromatic N) is 5. The summed E-state index contributed by atoms with van der Waals surface area (Å²) in [7, 11) is 0. The molecule has 1 aliphatic rings. The minimum atomic E-state index is 0.354. The number of aldehydes is 1. The second-order valence-corrected chi connectivity index (χ2v) is 8.14. The number of hydrogen-bond donors (Lipinski definition) is 1. The number of benzene rings is 1. The molecule has 146 valence electrons. The first-order valence-electron chi connectivity index (χ1n) is 9.52. The largest absolute Gasteiger partial charge is 0.383 e. The van der Waals surface area contributed by atoms with Gasteiger partial charge in [-0.15, -0.1) is 0 Å². The number of nitrogens with two attached hydrogens (primary N) is 1. The van der Waals surface area contributed by atoms with E-state index in [1.165, 1.54) is 0 Å². The van der Waals surface area contributed by atoms with Gasteiger partial charge in [0, 0.05) is 42.2 Å². The molecule has 1 saturated heterocycles. The minimum Gasteiger partial charge on any atom is -0.383 e. The number of rotatable bonds is 4. The minimum absolute atomic E-state index is 0.354. The second-order valence-electron chi connectivity index (χ2n) is 7.35. The van der Waals surface area contributed by atoms with Gasteiger partial charge in [-0.1, -0.05) is 18.2 Å². The molecule has 5 rings (SSSR count). The molecule has 1 atom stereocenters. The van der Waals surface area contributed by atoms with Crippen LogP contribution in [0.5, 0.6) is 0 Å². The Morgan fingerprint density at radius 3 is 3.00 bits per heavy atom. The van der Waals surface area contributed by atoms with E-state index < -0.39 is 0 Å². The summed E-state index contributed by atoms with van der Waals surface area (Å²) < 4.78 is 2.37. The van der Waals surface area contributed by atoms with Gasteiger partial charge >= 0.3 is 0 Å². The lowest BCUT2D eigenvalue weighted by Crippen LogP contribution is -2.22. The van der Waals surface area contributed by atoms with E-state index in [1.54, 1.807) is 10.7 Å². The molecule has 2 N–H and O–H groups in total. The fourth-order valence-corrected chi connectivity index (χ4v) is 4.48. The van der Waals surface area contributed by atoms with Gasteiger partial charge in [-0.25, -0.2) is 4.98 Å². The van der Waals surface area contributed by atoms with Crippen molar-refractivity contribution in [1.82, 2.24) is 19.6 Å². The van der Waals surface area contributed by atoms with Gasteiger partial charge in [0.05, 0.1) is 11.7 Å². The summed E-state index contributed by atoms with van der Waals surface area (Å²) in [5.41, 5.74) is 9.84. The fourth-order valence-electron chi connectivity index (χ4n) is 3.97. The Kier molecular flexibility index (Phi) is 4.43. The summed E-state index contributed by atoms with van der Waals surface area (Å²) >= 11 is 3.60. The molecule has 3 aromatic heterocycles. The van der Waals surface area contributed by atoms with E-state index in [9.17, 15) is 4.79 Å². The van der Waals surface area contributed by atoms with Crippen molar-refractivity contribution in [2.75, 3.05) is 23.7 Å². The van der Waals surface area contributed by atoms with Crippen LogP contribution in [-0.2, 0) is 4.79 Å². The number of hydrogen-bond acceptors (Lipinski definition) is 6. The number of fused-ring (bicyclic) bond motifs is 2. The van der Waals surface area contributed by atoms with Crippen molar-refractivity contribution >= 4 is 50.4 Å². The molecule has 0 radical (unpaired) electrons. The Bertz CT molecular complexity index is 1240. The standard InChI is InChI=1S/C21H19BrN6O/c22-18-19(23)28-20(26-21(18)27-7-5-13(12-27)6-8-29)16(11-25-28)15-9-14-3-1-2-4-17(14)24-10-15/h1-4,8-11,13H,5-7,12,23H2. The molecule has 0 amide bonds. The number of para-hydroxylation sites is 1. The van der Waals surface area contributed by atoms with E-state index in [4.69, 9.17) is 10.7 Å². The van der Waals surface area contributed by atoms with Crippen molar-refractivity contribution in [3.05, 3.63) is 47.2 Å². The SMILES string of the molecule is Nc1c(Br)c(N2CCC(CC=O)C2)nc2c(-c3cnc4ccccc4c3)cnn12. The van der Waals surface area contributed by atoms with Crippen LogP contribution in [-0.4, -0.2) is 39.0 Å². The van der Waals surface area contributed by atoms with E-state index in [-0.39, 0.29) is 0 Å². The number of carbonyl (C=O) groups excluding carboxylic acids is 1. The summed E-state index contributed by atoms with van der Waals surface area (Å²) in [6, 6.07) is 10.1. The Hall–Kier alpha value is -3.00. The predicted octanol–water partition coefficient (Wildman–Crippen LogP) is 3.70. The molecule has 7 nitrogen and oxygen atoms in total. The van der Waals surface area contributed by atoms with Crippen LogP contribution >= 0.6 is 15.9 Å². The lowest BCUT2D eigenvalue weighted by Gasteiger charge is -2.20. The van der Waals surface area contributed by atoms with Crippen molar-refractivity contribution in [3.8, 4) is 11.1 Å². The Morgan fingerprint density at radius 2 is 2.14 bits per heavy atom. The Morgan fingerprint density at radius 1 is 1.28 bits per heavy atom. The summed E-state index contributed by atoms with van der Waals surface area (Å²) in [5.74, 6) is 1.65. The van der Waals surface area contributed by atoms with Crippen LogP contribution in [0.3, 0.4) is 0 Å². The molecule has 1 aliphatic heterocycles. The zero-order chi connectivity index (χ0) is 20.0. The Balaban J connectivity index is 1.62. The molecule has 0 saturated carbocycles. The number of halogens is 1. The summed E-state index contributed by atoms with van der Waals surface area (Å²) in [4.78, 5) is 22.5. The highest BCUT2D eigenvalue weighted by Gasteiger charge is 2.27. The zero-order valence-electron chi connectivity index (χ0n) is 15.6. The number of aromatic nitrogens is 4. The van der Waals surface area contributed by atoms with Crippen LogP contribution in [0.25, 0.3) is 27.7 Å². The third kappa shape index (κ3) is 3.04. The first-order valence-corrected chi connectivity index (χ1v) is 10.3. The van der Waals surface area contributed by atoms with E-state index in [0.29, 0.717) is 23.8 Å². The first-order chi connectivity index (χ1) is 14.2. The molecule has 29 heavy (non-hydrogen) atoms. The third-order valence-corrected chi connectivity index (χ3v) is 6.28. The maximum absolute atomic E-state index is 10.9. The summed E-state index contributed by atoms with van der Waals surface area (Å²) in [6.07, 6.45) is 6.16. The molecule has 0 spiro atoms. The fraction of sp³-hybridized carbons (Fsp3) is 0.238. The molecule has 4 heterocycles. The maximum atomic E-state index is 10.9. The van der Waals surface area contributed by atoms with Crippen molar-refractivity contribution in [1.29, 1.82) is 0 Å². The lowest BCUT2D eigenvalue weighted by atomic mass is 10.1. The molecular formula is C21H19BrN6O. The average molecular weight is 451 g/mol. The van der Waals surface area contributed by atoms with Crippen LogP contribution in [0.1, 0.15) is 12.8 Å². The molecule has 0 aliphatic carbocycles. The first kappa shape index (κ1) is 18.1. The third-order valence-electron chi connectivity index (χ3n) is 5.52. The zero-order valence-corrected chi connectivity index (χ0v) is 17.2. The molecule has 1 fully saturated rings. The smallest absolute Gasteiger partial charge is 0.167 e. The lowest BCUT2D eigenvalue weighted by molar-refractivity contribution is -0.108. The van der Waals surface area contributed by atoms with Crippen molar-refractivity contribution in [2.45, 2.75) is 12.8 Å². The maximum Gasteiger partial charge on any atom is 0.167 e. The van der Waals surface area contributed by atoms with Crippen molar-refractivity contribution in [2.24, 2.45) is 5.92 Å². The topological polar surface area (TPSA) is 89.4 Å². The molecular weight excluding hydrogens is 432 g/mol. The van der Waals surface area contributed by atoms with Gasteiger partial charge in [0.25, 0.3) is 0 Å². The molecule has 1 aromatic carbocycles. The van der Waals surface area contributed by atoms with Gasteiger partial charge in [-0.05, 0) is 40.4 Å². The van der Waals surface area contributed by atoms with E-state index >= 15 is 0 Å². The molecule has 1 unspecified atom stereocenters. The molecule has 8 heteroatoms. The van der Waals surface area contributed by atoms with Gasteiger partial charge in [0.2, 0.25) is 0 Å². The van der Waals surface area contributed by atoms with Crippen molar-refractivity contribution < 1.29 is 4.79 Å². The van der Waals surface area contributed by atoms with Gasteiger partial charge in [0.1, 0.15) is 22.4 Å². The Labute approximate surface area is 175 Å². The number of pyridine rings is 1. The second kappa shape index (κ2) is 7.11. The summed E-state index contributed by atoms with van der Waals surface area (Å²) in [5, 5.41) is 5.52. The van der Waals surface area contributed by atoms with Crippen LogP contribution < -0.4 is 10.6 Å². The van der Waals surface area contributed by atoms with Crippen LogP contribution in [0.4, 0.5) is 11.6 Å². The van der Waals surface area contributed by atoms with Gasteiger partial charge < -0.3 is 15.4 Å². The van der Waals surface area contributed by atoms with E-state index in [0.717, 1.165) is 58.1 Å². The highest BCUT2D eigenvalue weighted by molar-refractivity contribution is 9.10. The van der Waals surface area contributed by atoms with Crippen molar-refractivity contribution in [3.63, 3.8) is 0 Å². The number of carbonyl (C=O) groups is 1. The van der Waals surface area contributed by atoms with E-state index in [2.05, 4.69) is 37.0 Å². The highest BCUT2D eigenvalue weighted by atomic mass is 79.9. The van der Waals surface area contributed by atoms with Gasteiger partial charge in [0.15, 0.2) is 5.65 Å². The summed E-state index contributed by atoms with van der Waals surface area (Å²) in [6.45, 7) is 1.64. The molecule has 4 aromatic rings. The monoisotopic (exact) mass is 450 g/mol. The normalized spacial score (nSPS) is 16.7. The van der Waals surface area contributed by atoms with E-state index in [1.807, 2.05) is 30.5 Å². The van der Waals surface area contributed by atoms with Crippen LogP contribution in [0.15, 0.2) is 47.2 Å². The number of nitrogen functional groups attached to an aromatic ring is 1.